The van der Waals surface area contributed by atoms with E-state index in [0.29, 0.717) is 12.3 Å². The molecule has 0 aliphatic carbocycles. The SMILES string of the molecule is COC(=O)c1ccc([C@H](C)NCc2ccc(N(C)C)nc2)o1. The van der Waals surface area contributed by atoms with Crippen molar-refractivity contribution in [1.82, 2.24) is 10.3 Å². The Morgan fingerprint density at radius 3 is 2.73 bits per heavy atom. The van der Waals surface area contributed by atoms with Crippen molar-refractivity contribution in [1.29, 1.82) is 0 Å². The normalized spacial score (nSPS) is 12.0. The summed E-state index contributed by atoms with van der Waals surface area (Å²) in [4.78, 5) is 17.7. The summed E-state index contributed by atoms with van der Waals surface area (Å²) in [5.74, 6) is 1.36. The molecule has 0 saturated heterocycles. The summed E-state index contributed by atoms with van der Waals surface area (Å²) >= 11 is 0. The molecule has 0 fully saturated rings. The van der Waals surface area contributed by atoms with Crippen LogP contribution in [0.25, 0.3) is 0 Å². The van der Waals surface area contributed by atoms with Gasteiger partial charge in [-0.15, -0.1) is 0 Å². The molecule has 0 bridgehead atoms. The molecule has 1 atom stereocenters. The number of methoxy groups -OCH3 is 1. The predicted octanol–water partition coefficient (Wildman–Crippen LogP) is 2.38. The van der Waals surface area contributed by atoms with Crippen LogP contribution in [0.1, 0.15) is 34.8 Å². The van der Waals surface area contributed by atoms with E-state index in [-0.39, 0.29) is 11.8 Å². The molecule has 2 aromatic heterocycles. The zero-order valence-electron chi connectivity index (χ0n) is 13.3. The fourth-order valence-electron chi connectivity index (χ4n) is 1.95. The van der Waals surface area contributed by atoms with E-state index in [1.807, 2.05) is 44.2 Å². The number of nitrogens with zero attached hydrogens (tertiary/aromatic N) is 2. The predicted molar refractivity (Wildman–Crippen MR) is 83.9 cm³/mol. The molecule has 22 heavy (non-hydrogen) atoms. The van der Waals surface area contributed by atoms with Gasteiger partial charge in [0.1, 0.15) is 11.6 Å². The van der Waals surface area contributed by atoms with Gasteiger partial charge in [0.15, 0.2) is 0 Å². The van der Waals surface area contributed by atoms with Crippen LogP contribution in [0, 0.1) is 0 Å². The van der Waals surface area contributed by atoms with Crippen LogP contribution in [0.5, 0.6) is 0 Å². The third kappa shape index (κ3) is 3.85. The Hall–Kier alpha value is -2.34. The maximum absolute atomic E-state index is 11.4. The number of aromatic nitrogens is 1. The number of furan rings is 1. The van der Waals surface area contributed by atoms with Crippen molar-refractivity contribution in [2.45, 2.75) is 19.5 Å². The largest absolute Gasteiger partial charge is 0.463 e. The second kappa shape index (κ2) is 7.09. The molecule has 118 valence electrons. The first-order valence-corrected chi connectivity index (χ1v) is 7.05. The van der Waals surface area contributed by atoms with Crippen LogP contribution in [0.4, 0.5) is 5.82 Å². The van der Waals surface area contributed by atoms with Crippen LogP contribution in [0.15, 0.2) is 34.9 Å². The molecule has 2 heterocycles. The number of carbonyl (C=O) groups is 1. The lowest BCUT2D eigenvalue weighted by atomic mass is 10.2. The number of nitrogens with one attached hydrogen (secondary N) is 1. The molecule has 2 rings (SSSR count). The maximum atomic E-state index is 11.4. The quantitative estimate of drug-likeness (QED) is 0.826. The lowest BCUT2D eigenvalue weighted by Gasteiger charge is -2.13. The molecule has 6 heteroatoms. The molecule has 0 saturated carbocycles. The molecule has 6 nitrogen and oxygen atoms in total. The molecule has 0 aromatic carbocycles. The minimum atomic E-state index is -0.470. The molecule has 1 N–H and O–H groups in total. The number of hydrogen-bond acceptors (Lipinski definition) is 6. The first-order chi connectivity index (χ1) is 10.5. The van der Waals surface area contributed by atoms with E-state index in [4.69, 9.17) is 4.42 Å². The van der Waals surface area contributed by atoms with E-state index >= 15 is 0 Å². The summed E-state index contributed by atoms with van der Waals surface area (Å²) in [6.45, 7) is 2.64. The van der Waals surface area contributed by atoms with Crippen molar-refractivity contribution >= 4 is 11.8 Å². The topological polar surface area (TPSA) is 67.6 Å². The molecule has 0 amide bonds. The van der Waals surface area contributed by atoms with Crippen molar-refractivity contribution in [3.63, 3.8) is 0 Å². The Balaban J connectivity index is 1.93. The maximum Gasteiger partial charge on any atom is 0.373 e. The van der Waals surface area contributed by atoms with Crippen LogP contribution in [0.3, 0.4) is 0 Å². The summed E-state index contributed by atoms with van der Waals surface area (Å²) in [5.41, 5.74) is 1.08. The standard InChI is InChI=1S/C16H21N3O3/c1-11(13-6-7-14(22-13)16(20)21-4)17-9-12-5-8-15(18-10-12)19(2)3/h5-8,10-11,17H,9H2,1-4H3/t11-/m0/s1. The number of rotatable bonds is 6. The molecule has 0 aliphatic heterocycles. The van der Waals surface area contributed by atoms with Crippen LogP contribution in [0.2, 0.25) is 0 Å². The lowest BCUT2D eigenvalue weighted by molar-refractivity contribution is 0.0562. The van der Waals surface area contributed by atoms with E-state index in [2.05, 4.69) is 15.0 Å². The van der Waals surface area contributed by atoms with Gasteiger partial charge in [-0.1, -0.05) is 6.07 Å². The van der Waals surface area contributed by atoms with Gasteiger partial charge in [-0.05, 0) is 30.7 Å². The van der Waals surface area contributed by atoms with E-state index < -0.39 is 5.97 Å². The Bertz CT molecular complexity index is 620. The van der Waals surface area contributed by atoms with Crippen LogP contribution in [-0.4, -0.2) is 32.2 Å². The van der Waals surface area contributed by atoms with Crippen LogP contribution >= 0.6 is 0 Å². The zero-order valence-corrected chi connectivity index (χ0v) is 13.3. The highest BCUT2D eigenvalue weighted by atomic mass is 16.5. The Kier molecular flexibility index (Phi) is 5.16. The minimum Gasteiger partial charge on any atom is -0.463 e. The van der Waals surface area contributed by atoms with Crippen molar-refractivity contribution in [3.05, 3.63) is 47.5 Å². The van der Waals surface area contributed by atoms with E-state index in [1.54, 1.807) is 12.1 Å². The number of carbonyl (C=O) groups excluding carboxylic acids is 1. The van der Waals surface area contributed by atoms with Crippen LogP contribution < -0.4 is 10.2 Å². The fraction of sp³-hybridized carbons (Fsp3) is 0.375. The summed E-state index contributed by atoms with van der Waals surface area (Å²) in [5, 5.41) is 3.33. The molecule has 0 unspecified atom stereocenters. The van der Waals surface area contributed by atoms with Gasteiger partial charge in [0.25, 0.3) is 0 Å². The lowest BCUT2D eigenvalue weighted by Crippen LogP contribution is -2.18. The number of ether oxygens (including phenoxy) is 1. The summed E-state index contributed by atoms with van der Waals surface area (Å²) in [6.07, 6.45) is 1.84. The highest BCUT2D eigenvalue weighted by Gasteiger charge is 2.15. The highest BCUT2D eigenvalue weighted by Crippen LogP contribution is 2.17. The van der Waals surface area contributed by atoms with E-state index in [1.165, 1.54) is 7.11 Å². The van der Waals surface area contributed by atoms with Crippen molar-refractivity contribution in [2.75, 3.05) is 26.1 Å². The Morgan fingerprint density at radius 2 is 2.14 bits per heavy atom. The van der Waals surface area contributed by atoms with E-state index in [9.17, 15) is 4.79 Å². The Morgan fingerprint density at radius 1 is 1.36 bits per heavy atom. The second-order valence-electron chi connectivity index (χ2n) is 5.22. The highest BCUT2D eigenvalue weighted by molar-refractivity contribution is 5.86. The average Bonchev–Trinajstić information content (AvgIpc) is 3.02. The summed E-state index contributed by atoms with van der Waals surface area (Å²) in [7, 11) is 5.24. The first kappa shape index (κ1) is 16.0. The first-order valence-electron chi connectivity index (χ1n) is 7.05. The van der Waals surface area contributed by atoms with Crippen molar-refractivity contribution in [3.8, 4) is 0 Å². The van der Waals surface area contributed by atoms with Gasteiger partial charge in [0, 0.05) is 26.8 Å². The van der Waals surface area contributed by atoms with Gasteiger partial charge in [-0.25, -0.2) is 9.78 Å². The van der Waals surface area contributed by atoms with E-state index in [0.717, 1.165) is 11.4 Å². The van der Waals surface area contributed by atoms with Gasteiger partial charge in [-0.2, -0.15) is 0 Å². The smallest absolute Gasteiger partial charge is 0.373 e. The molecule has 2 aromatic rings. The molecule has 0 spiro atoms. The molecule has 0 radical (unpaired) electrons. The summed E-state index contributed by atoms with van der Waals surface area (Å²) < 4.78 is 10.1. The zero-order chi connectivity index (χ0) is 16.1. The van der Waals surface area contributed by atoms with Gasteiger partial charge in [0.05, 0.1) is 13.2 Å². The second-order valence-corrected chi connectivity index (χ2v) is 5.22. The van der Waals surface area contributed by atoms with Crippen molar-refractivity contribution in [2.24, 2.45) is 0 Å². The van der Waals surface area contributed by atoms with Gasteiger partial charge >= 0.3 is 5.97 Å². The Labute approximate surface area is 130 Å². The van der Waals surface area contributed by atoms with Gasteiger partial charge in [0.2, 0.25) is 5.76 Å². The number of esters is 1. The van der Waals surface area contributed by atoms with Gasteiger partial charge < -0.3 is 19.4 Å². The third-order valence-corrected chi connectivity index (χ3v) is 3.32. The van der Waals surface area contributed by atoms with Crippen molar-refractivity contribution < 1.29 is 13.9 Å². The molecule has 0 aliphatic rings. The molecular formula is C16H21N3O3. The molecular weight excluding hydrogens is 282 g/mol. The average molecular weight is 303 g/mol. The number of pyridine rings is 1. The monoisotopic (exact) mass is 303 g/mol. The number of hydrogen-bond donors (Lipinski definition) is 1. The summed E-state index contributed by atoms with van der Waals surface area (Å²) in [6, 6.07) is 7.38. The number of anilines is 1. The van der Waals surface area contributed by atoms with Crippen LogP contribution in [-0.2, 0) is 11.3 Å². The third-order valence-electron chi connectivity index (χ3n) is 3.32. The fourth-order valence-corrected chi connectivity index (χ4v) is 1.95. The van der Waals surface area contributed by atoms with Gasteiger partial charge in [-0.3, -0.25) is 0 Å². The minimum absolute atomic E-state index is 0.0214.